The molecule has 2 aromatic rings. The van der Waals surface area contributed by atoms with Gasteiger partial charge in [0.25, 0.3) is 5.56 Å². The van der Waals surface area contributed by atoms with Crippen LogP contribution in [0.25, 0.3) is 0 Å². The number of carbonyl (C=O) groups is 2. The van der Waals surface area contributed by atoms with Crippen molar-refractivity contribution in [1.82, 2.24) is 14.9 Å². The van der Waals surface area contributed by atoms with Gasteiger partial charge in [0.1, 0.15) is 11.5 Å². The number of hydrogen-bond donors (Lipinski definition) is 2. The van der Waals surface area contributed by atoms with Crippen LogP contribution >= 0.6 is 11.3 Å². The van der Waals surface area contributed by atoms with Gasteiger partial charge >= 0.3 is 5.97 Å². The highest BCUT2D eigenvalue weighted by atomic mass is 32.1. The molecule has 3 heterocycles. The number of hydrogen-bond acceptors (Lipinski definition) is 7. The maximum Gasteiger partial charge on any atom is 0.341 e. The number of nitrogens with zero attached hydrogens (tertiary/aromatic N) is 2. The Morgan fingerprint density at radius 3 is 2.60 bits per heavy atom. The van der Waals surface area contributed by atoms with E-state index in [9.17, 15) is 14.4 Å². The summed E-state index contributed by atoms with van der Waals surface area (Å²) in [5, 5.41) is 6.85. The van der Waals surface area contributed by atoms with Crippen molar-refractivity contribution < 1.29 is 14.3 Å². The molecule has 3 rings (SSSR count). The van der Waals surface area contributed by atoms with E-state index in [-0.39, 0.29) is 23.2 Å². The summed E-state index contributed by atoms with van der Waals surface area (Å²) in [4.78, 5) is 42.9. The summed E-state index contributed by atoms with van der Waals surface area (Å²) < 4.78 is 6.28. The molecule has 9 heteroatoms. The SMILES string of the molecule is COC(=O)c1c(NC(=O)Cn2cnc(C)c(C)c2=O)sc2c1CC(C)(C)NC2(C)C. The molecule has 8 nitrogen and oxygen atoms in total. The van der Waals surface area contributed by atoms with Gasteiger partial charge in [-0.3, -0.25) is 14.2 Å². The summed E-state index contributed by atoms with van der Waals surface area (Å²) in [6.45, 7) is 11.5. The van der Waals surface area contributed by atoms with Gasteiger partial charge in [0.2, 0.25) is 5.91 Å². The van der Waals surface area contributed by atoms with Gasteiger partial charge in [-0.1, -0.05) is 0 Å². The van der Waals surface area contributed by atoms with E-state index in [1.165, 1.54) is 29.3 Å². The lowest BCUT2D eigenvalue weighted by molar-refractivity contribution is -0.116. The molecule has 2 N–H and O–H groups in total. The van der Waals surface area contributed by atoms with Crippen LogP contribution in [0.4, 0.5) is 5.00 Å². The van der Waals surface area contributed by atoms with Crippen LogP contribution in [0.1, 0.15) is 59.8 Å². The minimum atomic E-state index is -0.485. The summed E-state index contributed by atoms with van der Waals surface area (Å²) in [6, 6.07) is 0. The molecule has 0 atom stereocenters. The Labute approximate surface area is 179 Å². The maximum atomic E-state index is 12.7. The zero-order valence-electron chi connectivity index (χ0n) is 18.4. The molecule has 30 heavy (non-hydrogen) atoms. The number of nitrogens with one attached hydrogen (secondary N) is 2. The van der Waals surface area contributed by atoms with Crippen molar-refractivity contribution in [2.75, 3.05) is 12.4 Å². The highest BCUT2D eigenvalue weighted by Crippen LogP contribution is 2.45. The van der Waals surface area contributed by atoms with Gasteiger partial charge in [-0.15, -0.1) is 11.3 Å². The van der Waals surface area contributed by atoms with Crippen molar-refractivity contribution in [1.29, 1.82) is 0 Å². The number of esters is 1. The van der Waals surface area contributed by atoms with Crippen LogP contribution in [0.2, 0.25) is 0 Å². The molecule has 2 aromatic heterocycles. The van der Waals surface area contributed by atoms with Crippen LogP contribution in [0.5, 0.6) is 0 Å². The minimum absolute atomic E-state index is 0.191. The smallest absolute Gasteiger partial charge is 0.341 e. The van der Waals surface area contributed by atoms with E-state index >= 15 is 0 Å². The molecule has 0 aliphatic carbocycles. The van der Waals surface area contributed by atoms with Gasteiger partial charge in [-0.25, -0.2) is 9.78 Å². The molecular weight excluding hydrogens is 404 g/mol. The van der Waals surface area contributed by atoms with Crippen LogP contribution in [0.15, 0.2) is 11.1 Å². The number of thiophene rings is 1. The molecule has 0 saturated heterocycles. The summed E-state index contributed by atoms with van der Waals surface area (Å²) in [5.41, 5.74) is 1.56. The summed E-state index contributed by atoms with van der Waals surface area (Å²) in [7, 11) is 1.33. The lowest BCUT2D eigenvalue weighted by Gasteiger charge is -2.42. The molecule has 0 unspecified atom stereocenters. The second-order valence-corrected chi connectivity index (χ2v) is 9.87. The fourth-order valence-corrected chi connectivity index (χ4v) is 5.32. The topological polar surface area (TPSA) is 102 Å². The number of rotatable bonds is 4. The third kappa shape index (κ3) is 4.04. The Bertz CT molecular complexity index is 1080. The van der Waals surface area contributed by atoms with Crippen molar-refractivity contribution in [2.45, 2.75) is 65.6 Å². The highest BCUT2D eigenvalue weighted by molar-refractivity contribution is 7.17. The normalized spacial score (nSPS) is 16.6. The van der Waals surface area contributed by atoms with Crippen molar-refractivity contribution >= 4 is 28.2 Å². The fraction of sp³-hybridized carbons (Fsp3) is 0.524. The van der Waals surface area contributed by atoms with Crippen LogP contribution in [0.3, 0.4) is 0 Å². The van der Waals surface area contributed by atoms with Crippen LogP contribution < -0.4 is 16.2 Å². The van der Waals surface area contributed by atoms with E-state index in [2.05, 4.69) is 43.3 Å². The second-order valence-electron chi connectivity index (χ2n) is 8.85. The lowest BCUT2D eigenvalue weighted by atomic mass is 9.81. The number of carbonyl (C=O) groups excluding carboxylic acids is 2. The first kappa shape index (κ1) is 22.2. The first-order valence-corrected chi connectivity index (χ1v) is 10.5. The predicted octanol–water partition coefficient (Wildman–Crippen LogP) is 2.51. The Morgan fingerprint density at radius 2 is 1.97 bits per heavy atom. The number of anilines is 1. The maximum absolute atomic E-state index is 12.7. The van der Waals surface area contributed by atoms with Crippen LogP contribution in [-0.4, -0.2) is 34.1 Å². The van der Waals surface area contributed by atoms with Crippen molar-refractivity contribution in [3.63, 3.8) is 0 Å². The van der Waals surface area contributed by atoms with E-state index in [0.29, 0.717) is 28.2 Å². The number of methoxy groups -OCH3 is 1. The Kier molecular flexibility index (Phi) is 5.64. The number of fused-ring (bicyclic) bond motifs is 1. The van der Waals surface area contributed by atoms with Crippen LogP contribution in [-0.2, 0) is 28.0 Å². The number of aromatic nitrogens is 2. The van der Waals surface area contributed by atoms with E-state index in [1.807, 2.05) is 0 Å². The quantitative estimate of drug-likeness (QED) is 0.720. The summed E-state index contributed by atoms with van der Waals surface area (Å²) in [5.74, 6) is -0.891. The molecule has 0 spiro atoms. The third-order valence-electron chi connectivity index (χ3n) is 5.32. The number of ether oxygens (including phenoxy) is 1. The van der Waals surface area contributed by atoms with E-state index in [0.717, 1.165) is 10.4 Å². The van der Waals surface area contributed by atoms with Gasteiger partial charge < -0.3 is 15.4 Å². The van der Waals surface area contributed by atoms with Crippen molar-refractivity contribution in [3.05, 3.63) is 43.9 Å². The molecule has 0 aromatic carbocycles. The fourth-order valence-electron chi connectivity index (χ4n) is 4.04. The molecule has 0 fully saturated rings. The predicted molar refractivity (Wildman–Crippen MR) is 116 cm³/mol. The van der Waals surface area contributed by atoms with Gasteiger partial charge in [0, 0.05) is 27.2 Å². The average Bonchev–Trinajstić information content (AvgIpc) is 2.98. The van der Waals surface area contributed by atoms with Crippen molar-refractivity contribution in [3.8, 4) is 0 Å². The first-order valence-electron chi connectivity index (χ1n) is 9.72. The molecule has 162 valence electrons. The van der Waals surface area contributed by atoms with Crippen LogP contribution in [0, 0.1) is 13.8 Å². The standard InChI is InChI=1S/C21H28N4O4S/c1-11-12(2)22-10-25(18(11)27)9-14(26)23-17-15(19(28)29-7)13-8-20(3,4)24-21(5,6)16(13)30-17/h10,24H,8-9H2,1-7H3,(H,23,26). The second kappa shape index (κ2) is 7.63. The average molecular weight is 433 g/mol. The van der Waals surface area contributed by atoms with E-state index < -0.39 is 11.9 Å². The molecule has 0 saturated carbocycles. The monoisotopic (exact) mass is 432 g/mol. The minimum Gasteiger partial charge on any atom is -0.465 e. The van der Waals surface area contributed by atoms with Gasteiger partial charge in [0.15, 0.2) is 0 Å². The zero-order chi connectivity index (χ0) is 22.4. The highest BCUT2D eigenvalue weighted by Gasteiger charge is 2.42. The number of aryl methyl sites for hydroxylation is 1. The van der Waals surface area contributed by atoms with Gasteiger partial charge in [-0.05, 0) is 53.5 Å². The van der Waals surface area contributed by atoms with Gasteiger partial charge in [0.05, 0.1) is 19.0 Å². The third-order valence-corrected chi connectivity index (χ3v) is 6.79. The Balaban J connectivity index is 1.98. The summed E-state index contributed by atoms with van der Waals surface area (Å²) in [6.07, 6.45) is 1.99. The Hall–Kier alpha value is -2.52. The lowest BCUT2D eigenvalue weighted by Crippen LogP contribution is -2.55. The summed E-state index contributed by atoms with van der Waals surface area (Å²) >= 11 is 1.36. The molecule has 1 aliphatic heterocycles. The van der Waals surface area contributed by atoms with Crippen molar-refractivity contribution in [2.24, 2.45) is 0 Å². The Morgan fingerprint density at radius 1 is 1.30 bits per heavy atom. The van der Waals surface area contributed by atoms with Gasteiger partial charge in [-0.2, -0.15) is 0 Å². The largest absolute Gasteiger partial charge is 0.465 e. The zero-order valence-corrected chi connectivity index (χ0v) is 19.2. The molecule has 1 aliphatic rings. The van der Waals surface area contributed by atoms with E-state index in [4.69, 9.17) is 4.74 Å². The van der Waals surface area contributed by atoms with E-state index in [1.54, 1.807) is 13.8 Å². The number of amides is 1. The first-order chi connectivity index (χ1) is 13.9. The molecular formula is C21H28N4O4S. The molecule has 0 radical (unpaired) electrons. The molecule has 0 bridgehead atoms. The molecule has 1 amide bonds.